The molecule has 3 aromatic rings. The molecule has 3 aromatic carbocycles. The van der Waals surface area contributed by atoms with Gasteiger partial charge < -0.3 is 15.3 Å². The van der Waals surface area contributed by atoms with Crippen LogP contribution in [0.5, 0.6) is 0 Å². The lowest BCUT2D eigenvalue weighted by Crippen LogP contribution is -2.42. The molecule has 2 amide bonds. The van der Waals surface area contributed by atoms with Crippen LogP contribution in [0.4, 0.5) is 0 Å². The summed E-state index contributed by atoms with van der Waals surface area (Å²) in [5.41, 5.74) is 3.37. The first kappa shape index (κ1) is 26.7. The molecule has 1 atom stereocenters. The molecule has 0 unspecified atom stereocenters. The summed E-state index contributed by atoms with van der Waals surface area (Å²) >= 11 is 18.3. The molecule has 0 aromatic heterocycles. The Morgan fingerprint density at radius 2 is 1.54 bits per heavy atom. The summed E-state index contributed by atoms with van der Waals surface area (Å²) in [6, 6.07) is 18.0. The van der Waals surface area contributed by atoms with Crippen LogP contribution in [-0.4, -0.2) is 46.9 Å². The minimum absolute atomic E-state index is 0.0405. The number of benzene rings is 3. The summed E-state index contributed by atoms with van der Waals surface area (Å²) < 4.78 is 0. The number of amides is 2. The molecule has 0 radical (unpaired) electrons. The summed E-state index contributed by atoms with van der Waals surface area (Å²) in [6.07, 6.45) is 2.78. The number of carboxylic acids is 1. The number of hydrogen-bond acceptors (Lipinski definition) is 3. The average molecular weight is 558 g/mol. The molecule has 4 rings (SSSR count). The Bertz CT molecular complexity index is 1350. The molecular formula is C28H23Cl3N2O4. The smallest absolute Gasteiger partial charge is 0.326 e. The van der Waals surface area contributed by atoms with Crippen LogP contribution in [0.25, 0.3) is 5.57 Å². The fraction of sp³-hybridized carbons (Fsp3) is 0.179. The molecule has 0 aliphatic carbocycles. The molecular weight excluding hydrogens is 535 g/mol. The predicted octanol–water partition coefficient (Wildman–Crippen LogP) is 6.00. The van der Waals surface area contributed by atoms with Crippen molar-refractivity contribution in [2.45, 2.75) is 18.9 Å². The molecule has 1 aliphatic heterocycles. The number of nitrogens with one attached hydrogen (secondary N) is 1. The highest BCUT2D eigenvalue weighted by molar-refractivity contribution is 6.39. The fourth-order valence-corrected chi connectivity index (χ4v) is 4.94. The minimum Gasteiger partial charge on any atom is -0.480 e. The molecule has 0 saturated carbocycles. The van der Waals surface area contributed by atoms with Crippen molar-refractivity contribution in [3.63, 3.8) is 0 Å². The van der Waals surface area contributed by atoms with Crippen molar-refractivity contribution >= 4 is 58.2 Å². The molecule has 0 saturated heterocycles. The maximum atomic E-state index is 12.8. The molecule has 0 fully saturated rings. The number of halogens is 3. The van der Waals surface area contributed by atoms with Crippen LogP contribution in [0.1, 0.15) is 38.3 Å². The van der Waals surface area contributed by atoms with E-state index in [1.165, 1.54) is 12.1 Å². The van der Waals surface area contributed by atoms with Crippen molar-refractivity contribution < 1.29 is 19.5 Å². The van der Waals surface area contributed by atoms with Gasteiger partial charge in [-0.05, 0) is 47.4 Å². The van der Waals surface area contributed by atoms with Gasteiger partial charge in [0.1, 0.15) is 6.04 Å². The lowest BCUT2D eigenvalue weighted by molar-refractivity contribution is -0.139. The summed E-state index contributed by atoms with van der Waals surface area (Å²) in [7, 11) is 0. The van der Waals surface area contributed by atoms with Crippen molar-refractivity contribution in [2.24, 2.45) is 0 Å². The van der Waals surface area contributed by atoms with E-state index in [2.05, 4.69) is 5.32 Å². The van der Waals surface area contributed by atoms with Gasteiger partial charge in [0, 0.05) is 19.5 Å². The topological polar surface area (TPSA) is 86.7 Å². The second-order valence-corrected chi connectivity index (χ2v) is 9.79. The monoisotopic (exact) mass is 556 g/mol. The van der Waals surface area contributed by atoms with Crippen molar-refractivity contribution in [2.75, 3.05) is 13.1 Å². The maximum absolute atomic E-state index is 12.8. The number of aliphatic carboxylic acids is 1. The van der Waals surface area contributed by atoms with E-state index in [-0.39, 0.29) is 27.9 Å². The van der Waals surface area contributed by atoms with E-state index in [0.29, 0.717) is 30.1 Å². The van der Waals surface area contributed by atoms with Crippen LogP contribution in [0.3, 0.4) is 0 Å². The zero-order valence-corrected chi connectivity index (χ0v) is 21.9. The Morgan fingerprint density at radius 3 is 2.14 bits per heavy atom. The molecule has 6 nitrogen and oxygen atoms in total. The second kappa shape index (κ2) is 11.8. The van der Waals surface area contributed by atoms with Gasteiger partial charge in [0.15, 0.2) is 0 Å². The molecule has 0 spiro atoms. The number of hydrogen-bond donors (Lipinski definition) is 2. The predicted molar refractivity (Wildman–Crippen MR) is 145 cm³/mol. The van der Waals surface area contributed by atoms with Gasteiger partial charge in [-0.2, -0.15) is 0 Å². The molecule has 2 N–H and O–H groups in total. The summed E-state index contributed by atoms with van der Waals surface area (Å²) in [4.78, 5) is 39.0. The zero-order valence-electron chi connectivity index (χ0n) is 19.6. The Morgan fingerprint density at radius 1 is 0.892 bits per heavy atom. The van der Waals surface area contributed by atoms with Gasteiger partial charge in [-0.15, -0.1) is 0 Å². The van der Waals surface area contributed by atoms with Crippen molar-refractivity contribution in [3.05, 3.63) is 110 Å². The van der Waals surface area contributed by atoms with Crippen molar-refractivity contribution in [3.8, 4) is 0 Å². The van der Waals surface area contributed by atoms with E-state index in [1.54, 1.807) is 35.2 Å². The Kier molecular flexibility index (Phi) is 8.54. The quantitative estimate of drug-likeness (QED) is 0.373. The standard InChI is InChI=1S/C28H23Cl3N2O4/c29-21-5-2-1-4-20(21)27(35)33-14-12-19(13-15-33)18-10-8-17(9-11-18)16-24(28(36)37)32-26(34)25-22(30)6-3-7-23(25)31/h1-12,24H,13-16H2,(H,32,34)(H,36,37)/t24-/m0/s1. The van der Waals surface area contributed by atoms with Crippen molar-refractivity contribution in [1.29, 1.82) is 0 Å². The number of rotatable bonds is 7. The van der Waals surface area contributed by atoms with Gasteiger partial charge in [-0.3, -0.25) is 9.59 Å². The zero-order chi connectivity index (χ0) is 26.5. The lowest BCUT2D eigenvalue weighted by atomic mass is 9.96. The number of carboxylic acid groups (broad SMARTS) is 1. The average Bonchev–Trinajstić information content (AvgIpc) is 2.88. The van der Waals surface area contributed by atoms with Crippen LogP contribution in [0.15, 0.2) is 72.8 Å². The summed E-state index contributed by atoms with van der Waals surface area (Å²) in [5.74, 6) is -1.92. The first-order valence-corrected chi connectivity index (χ1v) is 12.7. The van der Waals surface area contributed by atoms with E-state index >= 15 is 0 Å². The first-order valence-electron chi connectivity index (χ1n) is 11.5. The Hall–Kier alpha value is -3.32. The van der Waals surface area contributed by atoms with Gasteiger partial charge in [0.2, 0.25) is 0 Å². The Balaban J connectivity index is 1.40. The molecule has 37 heavy (non-hydrogen) atoms. The van der Waals surface area contributed by atoms with Crippen LogP contribution >= 0.6 is 34.8 Å². The van der Waals surface area contributed by atoms with Gasteiger partial charge in [-0.1, -0.05) is 83.3 Å². The van der Waals surface area contributed by atoms with E-state index in [9.17, 15) is 19.5 Å². The normalized spacial score (nSPS) is 14.0. The van der Waals surface area contributed by atoms with Crippen LogP contribution in [0.2, 0.25) is 15.1 Å². The molecule has 1 aliphatic rings. The van der Waals surface area contributed by atoms with Crippen LogP contribution in [-0.2, 0) is 11.2 Å². The minimum atomic E-state index is -1.17. The highest BCUT2D eigenvalue weighted by atomic mass is 35.5. The van der Waals surface area contributed by atoms with Crippen LogP contribution < -0.4 is 5.32 Å². The second-order valence-electron chi connectivity index (χ2n) is 8.57. The number of carbonyl (C=O) groups is 3. The maximum Gasteiger partial charge on any atom is 0.326 e. The molecule has 1 heterocycles. The van der Waals surface area contributed by atoms with Gasteiger partial charge >= 0.3 is 5.97 Å². The van der Waals surface area contributed by atoms with Gasteiger partial charge in [0.25, 0.3) is 11.8 Å². The van der Waals surface area contributed by atoms with Crippen molar-refractivity contribution in [1.82, 2.24) is 10.2 Å². The van der Waals surface area contributed by atoms with Gasteiger partial charge in [-0.25, -0.2) is 4.79 Å². The first-order chi connectivity index (χ1) is 17.7. The largest absolute Gasteiger partial charge is 0.480 e. The summed E-state index contributed by atoms with van der Waals surface area (Å²) in [5, 5.41) is 12.9. The number of carbonyl (C=O) groups excluding carboxylic acids is 2. The molecule has 0 bridgehead atoms. The van der Waals surface area contributed by atoms with Gasteiger partial charge in [0.05, 0.1) is 26.2 Å². The SMILES string of the molecule is O=C(N[C@@H](Cc1ccc(C2=CCN(C(=O)c3ccccc3Cl)CC2)cc1)C(=O)O)c1c(Cl)cccc1Cl. The summed E-state index contributed by atoms with van der Waals surface area (Å²) in [6.45, 7) is 1.04. The highest BCUT2D eigenvalue weighted by Gasteiger charge is 2.24. The van der Waals surface area contributed by atoms with E-state index in [4.69, 9.17) is 34.8 Å². The molecule has 9 heteroatoms. The van der Waals surface area contributed by atoms with Crippen LogP contribution in [0, 0.1) is 0 Å². The van der Waals surface area contributed by atoms with E-state index in [1.807, 2.05) is 30.3 Å². The Labute approximate surface area is 229 Å². The third-order valence-corrected chi connectivity index (χ3v) is 7.12. The number of nitrogens with zero attached hydrogens (tertiary/aromatic N) is 1. The fourth-order valence-electron chi connectivity index (χ4n) is 4.16. The van der Waals surface area contributed by atoms with E-state index < -0.39 is 17.9 Å². The third kappa shape index (κ3) is 6.34. The van der Waals surface area contributed by atoms with E-state index in [0.717, 1.165) is 16.7 Å². The third-order valence-electron chi connectivity index (χ3n) is 6.16. The lowest BCUT2D eigenvalue weighted by Gasteiger charge is -2.27. The molecule has 190 valence electrons. The highest BCUT2D eigenvalue weighted by Crippen LogP contribution is 2.26.